The predicted octanol–water partition coefficient (Wildman–Crippen LogP) is 1.54. The van der Waals surface area contributed by atoms with Gasteiger partial charge in [-0.1, -0.05) is 23.5 Å². The van der Waals surface area contributed by atoms with Gasteiger partial charge in [-0.3, -0.25) is 4.79 Å². The Morgan fingerprint density at radius 1 is 1.50 bits per heavy atom. The van der Waals surface area contributed by atoms with Crippen molar-refractivity contribution in [3.05, 3.63) is 34.9 Å². The fourth-order valence-electron chi connectivity index (χ4n) is 1.83. The van der Waals surface area contributed by atoms with E-state index in [4.69, 9.17) is 11.0 Å². The summed E-state index contributed by atoms with van der Waals surface area (Å²) in [5, 5.41) is 8.83. The molecule has 0 heterocycles. The minimum absolute atomic E-state index is 0.128. The van der Waals surface area contributed by atoms with E-state index in [-0.39, 0.29) is 18.4 Å². The molecule has 2 N–H and O–H groups in total. The molecule has 0 saturated carbocycles. The lowest BCUT2D eigenvalue weighted by Gasteiger charge is -2.19. The first kappa shape index (κ1) is 15.8. The fraction of sp³-hybridized carbons (Fsp3) is 0.375. The molecule has 0 spiro atoms. The Morgan fingerprint density at radius 2 is 2.20 bits per heavy atom. The molecule has 1 rings (SSSR count). The van der Waals surface area contributed by atoms with Gasteiger partial charge in [-0.15, -0.1) is 0 Å². The van der Waals surface area contributed by atoms with E-state index in [1.807, 2.05) is 25.1 Å². The van der Waals surface area contributed by atoms with Gasteiger partial charge in [-0.2, -0.15) is 5.26 Å². The average Bonchev–Trinajstić information content (AvgIpc) is 2.44. The van der Waals surface area contributed by atoms with Crippen LogP contribution in [0.25, 0.3) is 0 Å². The number of benzene rings is 1. The van der Waals surface area contributed by atoms with Crippen LogP contribution in [-0.4, -0.2) is 30.9 Å². The third-order valence-corrected chi connectivity index (χ3v) is 2.85. The molecule has 0 aliphatic heterocycles. The summed E-state index contributed by atoms with van der Waals surface area (Å²) in [5.41, 5.74) is 7.59. The van der Waals surface area contributed by atoms with Crippen LogP contribution in [0.3, 0.4) is 0 Å². The van der Waals surface area contributed by atoms with Crippen molar-refractivity contribution in [3.8, 4) is 17.9 Å². The van der Waals surface area contributed by atoms with Crippen molar-refractivity contribution in [2.24, 2.45) is 11.7 Å². The number of aryl methyl sites for hydroxylation is 1. The SMILES string of the molecule is Cc1ccc(C#CCN)c(C(=O)N(C)CC(C)C#N)c1. The van der Waals surface area contributed by atoms with Crippen molar-refractivity contribution in [3.63, 3.8) is 0 Å². The smallest absolute Gasteiger partial charge is 0.254 e. The third-order valence-electron chi connectivity index (χ3n) is 2.85. The zero-order chi connectivity index (χ0) is 15.1. The highest BCUT2D eigenvalue weighted by molar-refractivity contribution is 5.96. The molecule has 1 amide bonds. The summed E-state index contributed by atoms with van der Waals surface area (Å²) in [4.78, 5) is 14.0. The maximum absolute atomic E-state index is 12.4. The van der Waals surface area contributed by atoms with E-state index in [0.29, 0.717) is 17.7 Å². The normalized spacial score (nSPS) is 10.9. The second kappa shape index (κ2) is 7.33. The zero-order valence-corrected chi connectivity index (χ0v) is 12.1. The highest BCUT2D eigenvalue weighted by Gasteiger charge is 2.17. The molecule has 1 aromatic carbocycles. The summed E-state index contributed by atoms with van der Waals surface area (Å²) in [6.07, 6.45) is 0. The van der Waals surface area contributed by atoms with Gasteiger partial charge < -0.3 is 10.6 Å². The van der Waals surface area contributed by atoms with Crippen molar-refractivity contribution in [1.29, 1.82) is 5.26 Å². The maximum atomic E-state index is 12.4. The van der Waals surface area contributed by atoms with Crippen molar-refractivity contribution >= 4 is 5.91 Å². The van der Waals surface area contributed by atoms with Crippen molar-refractivity contribution in [1.82, 2.24) is 4.90 Å². The minimum atomic E-state index is -0.202. The molecule has 1 unspecified atom stereocenters. The number of nitrogens with two attached hydrogens (primary N) is 1. The zero-order valence-electron chi connectivity index (χ0n) is 12.1. The van der Waals surface area contributed by atoms with Gasteiger partial charge in [0, 0.05) is 19.2 Å². The van der Waals surface area contributed by atoms with E-state index in [1.54, 1.807) is 18.9 Å². The molecule has 104 valence electrons. The predicted molar refractivity (Wildman–Crippen MR) is 78.8 cm³/mol. The highest BCUT2D eigenvalue weighted by atomic mass is 16.2. The van der Waals surface area contributed by atoms with Gasteiger partial charge in [-0.05, 0) is 26.0 Å². The standard InChI is InChI=1S/C16H19N3O/c1-12-6-7-14(5-4-8-17)15(9-12)16(20)19(3)11-13(2)10-18/h6-7,9,13H,8,11,17H2,1-3H3. The van der Waals surface area contributed by atoms with Crippen molar-refractivity contribution in [2.75, 3.05) is 20.1 Å². The number of carbonyl (C=O) groups is 1. The first-order chi connectivity index (χ1) is 9.49. The molecule has 0 aliphatic carbocycles. The van der Waals surface area contributed by atoms with Crippen LogP contribution in [0.15, 0.2) is 18.2 Å². The van der Waals surface area contributed by atoms with E-state index in [0.717, 1.165) is 5.56 Å². The molecule has 1 aromatic rings. The summed E-state index contributed by atoms with van der Waals surface area (Å²) in [7, 11) is 1.69. The monoisotopic (exact) mass is 269 g/mol. The van der Waals surface area contributed by atoms with Gasteiger partial charge in [0.25, 0.3) is 5.91 Å². The molecule has 0 radical (unpaired) electrons. The number of rotatable bonds is 3. The summed E-state index contributed by atoms with van der Waals surface area (Å²) in [5.74, 6) is 5.35. The van der Waals surface area contributed by atoms with E-state index >= 15 is 0 Å². The molecule has 1 atom stereocenters. The Balaban J connectivity index is 3.08. The molecular formula is C16H19N3O. The molecule has 0 aliphatic rings. The Bertz CT molecular complexity index is 590. The number of hydrogen-bond acceptors (Lipinski definition) is 3. The van der Waals surface area contributed by atoms with Crippen molar-refractivity contribution < 1.29 is 4.79 Å². The molecule has 0 fully saturated rings. The molecule has 4 nitrogen and oxygen atoms in total. The molecule has 0 bridgehead atoms. The number of hydrogen-bond donors (Lipinski definition) is 1. The third kappa shape index (κ3) is 4.12. The van der Waals surface area contributed by atoms with Gasteiger partial charge in [-0.25, -0.2) is 0 Å². The molecule has 20 heavy (non-hydrogen) atoms. The lowest BCUT2D eigenvalue weighted by Crippen LogP contribution is -2.31. The van der Waals surface area contributed by atoms with Crippen LogP contribution in [0.4, 0.5) is 0 Å². The quantitative estimate of drug-likeness (QED) is 0.846. The van der Waals surface area contributed by atoms with Crippen LogP contribution in [0.1, 0.15) is 28.4 Å². The Kier molecular flexibility index (Phi) is 5.77. The van der Waals surface area contributed by atoms with E-state index < -0.39 is 0 Å². The Morgan fingerprint density at radius 3 is 2.80 bits per heavy atom. The summed E-state index contributed by atoms with van der Waals surface area (Å²) in [6.45, 7) is 4.36. The summed E-state index contributed by atoms with van der Waals surface area (Å²) < 4.78 is 0. The minimum Gasteiger partial charge on any atom is -0.340 e. The largest absolute Gasteiger partial charge is 0.340 e. The Labute approximate surface area is 120 Å². The second-order valence-electron chi connectivity index (χ2n) is 4.77. The van der Waals surface area contributed by atoms with Crippen LogP contribution in [-0.2, 0) is 0 Å². The lowest BCUT2D eigenvalue weighted by molar-refractivity contribution is 0.0784. The first-order valence-corrected chi connectivity index (χ1v) is 6.44. The topological polar surface area (TPSA) is 70.1 Å². The van der Waals surface area contributed by atoms with Gasteiger partial charge in [0.2, 0.25) is 0 Å². The van der Waals surface area contributed by atoms with Crippen LogP contribution in [0.2, 0.25) is 0 Å². The summed E-state index contributed by atoms with van der Waals surface area (Å²) in [6, 6.07) is 7.68. The number of nitriles is 1. The van der Waals surface area contributed by atoms with E-state index in [9.17, 15) is 4.79 Å². The molecule has 4 heteroatoms. The van der Waals surface area contributed by atoms with Gasteiger partial charge in [0.1, 0.15) is 0 Å². The van der Waals surface area contributed by atoms with Crippen LogP contribution < -0.4 is 5.73 Å². The van der Waals surface area contributed by atoms with Gasteiger partial charge in [0.05, 0.1) is 24.1 Å². The van der Waals surface area contributed by atoms with E-state index in [2.05, 4.69) is 17.9 Å². The lowest BCUT2D eigenvalue weighted by atomic mass is 10.0. The fourth-order valence-corrected chi connectivity index (χ4v) is 1.83. The highest BCUT2D eigenvalue weighted by Crippen LogP contribution is 2.14. The molecular weight excluding hydrogens is 250 g/mol. The van der Waals surface area contributed by atoms with Crippen LogP contribution >= 0.6 is 0 Å². The number of amides is 1. The summed E-state index contributed by atoms with van der Waals surface area (Å²) >= 11 is 0. The van der Waals surface area contributed by atoms with Gasteiger partial charge >= 0.3 is 0 Å². The van der Waals surface area contributed by atoms with Crippen LogP contribution in [0, 0.1) is 36.0 Å². The maximum Gasteiger partial charge on any atom is 0.254 e. The average molecular weight is 269 g/mol. The van der Waals surface area contributed by atoms with Crippen LogP contribution in [0.5, 0.6) is 0 Å². The number of nitrogens with zero attached hydrogens (tertiary/aromatic N) is 2. The van der Waals surface area contributed by atoms with E-state index in [1.165, 1.54) is 0 Å². The molecule has 0 aromatic heterocycles. The molecule has 0 saturated heterocycles. The number of carbonyl (C=O) groups excluding carboxylic acids is 1. The first-order valence-electron chi connectivity index (χ1n) is 6.44. The second-order valence-corrected chi connectivity index (χ2v) is 4.77. The van der Waals surface area contributed by atoms with Gasteiger partial charge in [0.15, 0.2) is 0 Å². The Hall–Kier alpha value is -2.30. The van der Waals surface area contributed by atoms with Crippen molar-refractivity contribution in [2.45, 2.75) is 13.8 Å².